The highest BCUT2D eigenvalue weighted by Gasteiger charge is 2.06. The van der Waals surface area contributed by atoms with Gasteiger partial charge < -0.3 is 5.32 Å². The van der Waals surface area contributed by atoms with Gasteiger partial charge in [0.05, 0.1) is 6.20 Å². The third-order valence-electron chi connectivity index (χ3n) is 2.94. The zero-order valence-corrected chi connectivity index (χ0v) is 10.3. The first kappa shape index (κ1) is 12.2. The van der Waals surface area contributed by atoms with Gasteiger partial charge in [0.1, 0.15) is 0 Å². The summed E-state index contributed by atoms with van der Waals surface area (Å²) in [5.74, 6) is 1.47. The molecule has 1 rings (SSSR count). The molecular formula is C12H23N3. The Morgan fingerprint density at radius 1 is 1.40 bits per heavy atom. The first-order chi connectivity index (χ1) is 7.13. The van der Waals surface area contributed by atoms with Crippen molar-refractivity contribution in [1.29, 1.82) is 0 Å². The molecule has 1 atom stereocenters. The maximum absolute atomic E-state index is 4.24. The SMILES string of the molecule is CCn1cc(CNCC(C)C(C)C)cn1. The van der Waals surface area contributed by atoms with Gasteiger partial charge in [-0.1, -0.05) is 20.8 Å². The molecule has 0 aliphatic rings. The summed E-state index contributed by atoms with van der Waals surface area (Å²) in [6.45, 7) is 11.9. The van der Waals surface area contributed by atoms with Crippen molar-refractivity contribution in [2.24, 2.45) is 11.8 Å². The molecule has 3 heteroatoms. The summed E-state index contributed by atoms with van der Waals surface area (Å²) in [7, 11) is 0. The van der Waals surface area contributed by atoms with E-state index in [1.165, 1.54) is 5.56 Å². The molecule has 3 nitrogen and oxygen atoms in total. The Kier molecular flexibility index (Phi) is 4.82. The Labute approximate surface area is 92.9 Å². The van der Waals surface area contributed by atoms with Crippen LogP contribution in [0.25, 0.3) is 0 Å². The summed E-state index contributed by atoms with van der Waals surface area (Å²) in [6, 6.07) is 0. The van der Waals surface area contributed by atoms with Crippen molar-refractivity contribution in [2.45, 2.75) is 40.8 Å². The predicted octanol–water partition coefficient (Wildman–Crippen LogP) is 2.28. The fourth-order valence-corrected chi connectivity index (χ4v) is 1.35. The lowest BCUT2D eigenvalue weighted by Crippen LogP contribution is -2.23. The van der Waals surface area contributed by atoms with E-state index in [1.54, 1.807) is 0 Å². The number of nitrogens with zero attached hydrogens (tertiary/aromatic N) is 2. The highest BCUT2D eigenvalue weighted by atomic mass is 15.3. The Balaban J connectivity index is 2.25. The van der Waals surface area contributed by atoms with Gasteiger partial charge >= 0.3 is 0 Å². The normalized spacial score (nSPS) is 13.4. The van der Waals surface area contributed by atoms with E-state index in [-0.39, 0.29) is 0 Å². The molecule has 0 radical (unpaired) electrons. The first-order valence-electron chi connectivity index (χ1n) is 5.85. The maximum atomic E-state index is 4.24. The van der Waals surface area contributed by atoms with Gasteiger partial charge in [-0.05, 0) is 25.3 Å². The minimum Gasteiger partial charge on any atom is -0.312 e. The van der Waals surface area contributed by atoms with Crippen LogP contribution >= 0.6 is 0 Å². The van der Waals surface area contributed by atoms with Crippen molar-refractivity contribution in [3.05, 3.63) is 18.0 Å². The van der Waals surface area contributed by atoms with Crippen molar-refractivity contribution < 1.29 is 0 Å². The highest BCUT2D eigenvalue weighted by molar-refractivity contribution is 5.03. The Morgan fingerprint density at radius 2 is 2.13 bits per heavy atom. The van der Waals surface area contributed by atoms with E-state index in [2.05, 4.69) is 44.3 Å². The van der Waals surface area contributed by atoms with Crippen molar-refractivity contribution in [1.82, 2.24) is 15.1 Å². The van der Waals surface area contributed by atoms with Crippen LogP contribution < -0.4 is 5.32 Å². The average molecular weight is 209 g/mol. The monoisotopic (exact) mass is 209 g/mol. The topological polar surface area (TPSA) is 29.9 Å². The summed E-state index contributed by atoms with van der Waals surface area (Å²) in [6.07, 6.45) is 4.05. The van der Waals surface area contributed by atoms with Crippen LogP contribution in [0.4, 0.5) is 0 Å². The van der Waals surface area contributed by atoms with Gasteiger partial charge in [0.25, 0.3) is 0 Å². The molecule has 0 amide bonds. The molecule has 1 aromatic rings. The van der Waals surface area contributed by atoms with Gasteiger partial charge in [0, 0.05) is 24.8 Å². The standard InChI is InChI=1S/C12H23N3/c1-5-15-9-12(8-14-15)7-13-6-11(4)10(2)3/h8-11,13H,5-7H2,1-4H3. The van der Waals surface area contributed by atoms with Crippen LogP contribution in [0.2, 0.25) is 0 Å². The third kappa shape index (κ3) is 4.04. The second kappa shape index (κ2) is 5.91. The molecular weight excluding hydrogens is 186 g/mol. The lowest BCUT2D eigenvalue weighted by molar-refractivity contribution is 0.392. The molecule has 0 spiro atoms. The summed E-state index contributed by atoms with van der Waals surface area (Å²) in [5.41, 5.74) is 1.27. The van der Waals surface area contributed by atoms with Gasteiger partial charge in [0.15, 0.2) is 0 Å². The lowest BCUT2D eigenvalue weighted by atomic mass is 9.98. The van der Waals surface area contributed by atoms with Gasteiger partial charge in [-0.25, -0.2) is 0 Å². The third-order valence-corrected chi connectivity index (χ3v) is 2.94. The largest absolute Gasteiger partial charge is 0.312 e. The number of hydrogen-bond donors (Lipinski definition) is 1. The molecule has 0 fully saturated rings. The molecule has 1 heterocycles. The second-order valence-corrected chi connectivity index (χ2v) is 4.56. The van der Waals surface area contributed by atoms with Crippen molar-refractivity contribution in [3.8, 4) is 0 Å². The van der Waals surface area contributed by atoms with Crippen molar-refractivity contribution >= 4 is 0 Å². The van der Waals surface area contributed by atoms with Crippen LogP contribution in [0.3, 0.4) is 0 Å². The Hall–Kier alpha value is -0.830. The molecule has 0 aromatic carbocycles. The maximum Gasteiger partial charge on any atom is 0.0534 e. The first-order valence-corrected chi connectivity index (χ1v) is 5.85. The molecule has 15 heavy (non-hydrogen) atoms. The summed E-state index contributed by atoms with van der Waals surface area (Å²) < 4.78 is 1.96. The molecule has 1 aromatic heterocycles. The van der Waals surface area contributed by atoms with Gasteiger partial charge in [-0.3, -0.25) is 4.68 Å². The van der Waals surface area contributed by atoms with Gasteiger partial charge in [0.2, 0.25) is 0 Å². The van der Waals surface area contributed by atoms with Crippen LogP contribution in [0.5, 0.6) is 0 Å². The van der Waals surface area contributed by atoms with Gasteiger partial charge in [-0.15, -0.1) is 0 Å². The fourth-order valence-electron chi connectivity index (χ4n) is 1.35. The van der Waals surface area contributed by atoms with E-state index in [1.807, 2.05) is 10.9 Å². The highest BCUT2D eigenvalue weighted by Crippen LogP contribution is 2.08. The van der Waals surface area contributed by atoms with Crippen LogP contribution in [0, 0.1) is 11.8 Å². The molecule has 1 unspecified atom stereocenters. The van der Waals surface area contributed by atoms with Crippen molar-refractivity contribution in [3.63, 3.8) is 0 Å². The zero-order chi connectivity index (χ0) is 11.3. The predicted molar refractivity (Wildman–Crippen MR) is 63.6 cm³/mol. The van der Waals surface area contributed by atoms with E-state index in [0.717, 1.165) is 31.5 Å². The van der Waals surface area contributed by atoms with E-state index < -0.39 is 0 Å². The minimum absolute atomic E-state index is 0.728. The van der Waals surface area contributed by atoms with E-state index in [0.29, 0.717) is 0 Å². The molecule has 0 aliphatic heterocycles. The summed E-state index contributed by atoms with van der Waals surface area (Å²) in [5, 5.41) is 7.71. The fraction of sp³-hybridized carbons (Fsp3) is 0.750. The smallest absolute Gasteiger partial charge is 0.0534 e. The number of nitrogens with one attached hydrogen (secondary N) is 1. The van der Waals surface area contributed by atoms with Crippen LogP contribution in [-0.2, 0) is 13.1 Å². The Bertz CT molecular complexity index is 278. The van der Waals surface area contributed by atoms with E-state index in [9.17, 15) is 0 Å². The molecule has 0 bridgehead atoms. The van der Waals surface area contributed by atoms with Gasteiger partial charge in [-0.2, -0.15) is 5.10 Å². The average Bonchev–Trinajstić information content (AvgIpc) is 2.65. The zero-order valence-electron chi connectivity index (χ0n) is 10.3. The number of aromatic nitrogens is 2. The van der Waals surface area contributed by atoms with Crippen LogP contribution in [-0.4, -0.2) is 16.3 Å². The molecule has 0 aliphatic carbocycles. The van der Waals surface area contributed by atoms with Crippen molar-refractivity contribution in [2.75, 3.05) is 6.54 Å². The quantitative estimate of drug-likeness (QED) is 0.779. The summed E-state index contributed by atoms with van der Waals surface area (Å²) >= 11 is 0. The van der Waals surface area contributed by atoms with Crippen LogP contribution in [0.15, 0.2) is 12.4 Å². The minimum atomic E-state index is 0.728. The molecule has 0 saturated carbocycles. The van der Waals surface area contributed by atoms with Crippen LogP contribution in [0.1, 0.15) is 33.3 Å². The lowest BCUT2D eigenvalue weighted by Gasteiger charge is -2.15. The number of hydrogen-bond acceptors (Lipinski definition) is 2. The molecule has 86 valence electrons. The Morgan fingerprint density at radius 3 is 2.67 bits per heavy atom. The molecule has 1 N–H and O–H groups in total. The number of aryl methyl sites for hydroxylation is 1. The molecule has 0 saturated heterocycles. The second-order valence-electron chi connectivity index (χ2n) is 4.56. The summed E-state index contributed by atoms with van der Waals surface area (Å²) in [4.78, 5) is 0. The van der Waals surface area contributed by atoms with E-state index >= 15 is 0 Å². The number of rotatable bonds is 6. The van der Waals surface area contributed by atoms with E-state index in [4.69, 9.17) is 0 Å².